The summed E-state index contributed by atoms with van der Waals surface area (Å²) < 4.78 is 5.14. The maximum absolute atomic E-state index is 11.9. The van der Waals surface area contributed by atoms with E-state index in [-0.39, 0.29) is 11.9 Å². The fraction of sp³-hybridized carbons (Fsp3) is 0.308. The van der Waals surface area contributed by atoms with Gasteiger partial charge in [-0.3, -0.25) is 4.79 Å². The standard InChI is InChI=1S/C13H16N4O2/c1-9(2)17-12-6-11(15-8-16-12)13(18)14-7-10-4-3-5-19-10/h3-6,8-9H,7H2,1-2H3,(H,14,18)(H,15,16,17). The van der Waals surface area contributed by atoms with Gasteiger partial charge in [-0.2, -0.15) is 0 Å². The molecule has 2 N–H and O–H groups in total. The molecule has 0 aromatic carbocycles. The van der Waals surface area contributed by atoms with E-state index < -0.39 is 0 Å². The van der Waals surface area contributed by atoms with Crippen molar-refractivity contribution in [1.29, 1.82) is 0 Å². The third-order valence-electron chi connectivity index (χ3n) is 2.34. The molecule has 0 aliphatic heterocycles. The fourth-order valence-corrected chi connectivity index (χ4v) is 1.53. The van der Waals surface area contributed by atoms with Crippen LogP contribution in [0.2, 0.25) is 0 Å². The third-order valence-corrected chi connectivity index (χ3v) is 2.34. The summed E-state index contributed by atoms with van der Waals surface area (Å²) in [6.07, 6.45) is 2.93. The van der Waals surface area contributed by atoms with E-state index in [1.165, 1.54) is 6.33 Å². The Kier molecular flexibility index (Phi) is 4.12. The minimum atomic E-state index is -0.259. The van der Waals surface area contributed by atoms with Crippen molar-refractivity contribution < 1.29 is 9.21 Å². The lowest BCUT2D eigenvalue weighted by Gasteiger charge is -2.09. The van der Waals surface area contributed by atoms with Crippen LogP contribution < -0.4 is 10.6 Å². The summed E-state index contributed by atoms with van der Waals surface area (Å²) in [6, 6.07) is 5.44. The van der Waals surface area contributed by atoms with Crippen LogP contribution in [-0.4, -0.2) is 21.9 Å². The molecule has 0 saturated carbocycles. The van der Waals surface area contributed by atoms with Crippen LogP contribution in [0.3, 0.4) is 0 Å². The molecular weight excluding hydrogens is 244 g/mol. The summed E-state index contributed by atoms with van der Waals surface area (Å²) in [5, 5.41) is 5.85. The van der Waals surface area contributed by atoms with Crippen molar-refractivity contribution >= 4 is 11.7 Å². The largest absolute Gasteiger partial charge is 0.467 e. The number of nitrogens with zero attached hydrogens (tertiary/aromatic N) is 2. The molecule has 19 heavy (non-hydrogen) atoms. The number of rotatable bonds is 5. The van der Waals surface area contributed by atoms with Crippen LogP contribution in [-0.2, 0) is 6.54 Å². The summed E-state index contributed by atoms with van der Waals surface area (Å²) in [7, 11) is 0. The van der Waals surface area contributed by atoms with Gasteiger partial charge in [-0.05, 0) is 26.0 Å². The Morgan fingerprint density at radius 1 is 1.42 bits per heavy atom. The number of carbonyl (C=O) groups is 1. The van der Waals surface area contributed by atoms with Gasteiger partial charge in [0.2, 0.25) is 0 Å². The van der Waals surface area contributed by atoms with Crippen LogP contribution in [0.25, 0.3) is 0 Å². The zero-order chi connectivity index (χ0) is 13.7. The first-order valence-electron chi connectivity index (χ1n) is 6.04. The number of hydrogen-bond donors (Lipinski definition) is 2. The zero-order valence-electron chi connectivity index (χ0n) is 10.9. The number of anilines is 1. The first-order valence-corrected chi connectivity index (χ1v) is 6.04. The lowest BCUT2D eigenvalue weighted by molar-refractivity contribution is 0.0943. The second-order valence-corrected chi connectivity index (χ2v) is 4.35. The molecule has 0 bridgehead atoms. The van der Waals surface area contributed by atoms with Crippen LogP contribution in [0, 0.1) is 0 Å². The van der Waals surface area contributed by atoms with E-state index in [2.05, 4.69) is 20.6 Å². The summed E-state index contributed by atoms with van der Waals surface area (Å²) in [6.45, 7) is 4.33. The van der Waals surface area contributed by atoms with Gasteiger partial charge in [0.1, 0.15) is 23.6 Å². The molecule has 0 fully saturated rings. The second-order valence-electron chi connectivity index (χ2n) is 4.35. The third kappa shape index (κ3) is 3.80. The fourth-order valence-electron chi connectivity index (χ4n) is 1.53. The van der Waals surface area contributed by atoms with Crippen molar-refractivity contribution in [2.24, 2.45) is 0 Å². The molecule has 0 radical (unpaired) electrons. The van der Waals surface area contributed by atoms with Crippen molar-refractivity contribution in [1.82, 2.24) is 15.3 Å². The van der Waals surface area contributed by atoms with E-state index in [9.17, 15) is 4.79 Å². The van der Waals surface area contributed by atoms with E-state index in [4.69, 9.17) is 4.42 Å². The predicted molar refractivity (Wildman–Crippen MR) is 70.7 cm³/mol. The summed E-state index contributed by atoms with van der Waals surface area (Å²) in [5.74, 6) is 1.07. The highest BCUT2D eigenvalue weighted by atomic mass is 16.3. The molecule has 0 atom stereocenters. The van der Waals surface area contributed by atoms with E-state index >= 15 is 0 Å². The lowest BCUT2D eigenvalue weighted by Crippen LogP contribution is -2.24. The molecule has 2 rings (SSSR count). The minimum Gasteiger partial charge on any atom is -0.467 e. The van der Waals surface area contributed by atoms with Crippen LogP contribution in [0.1, 0.15) is 30.1 Å². The molecule has 0 spiro atoms. The number of nitrogens with one attached hydrogen (secondary N) is 2. The van der Waals surface area contributed by atoms with E-state index in [0.717, 1.165) is 0 Å². The Morgan fingerprint density at radius 3 is 2.95 bits per heavy atom. The number of furan rings is 1. The van der Waals surface area contributed by atoms with Gasteiger partial charge in [0.25, 0.3) is 5.91 Å². The van der Waals surface area contributed by atoms with Crippen LogP contribution in [0.5, 0.6) is 0 Å². The van der Waals surface area contributed by atoms with E-state index in [0.29, 0.717) is 23.8 Å². The molecule has 0 aliphatic carbocycles. The normalized spacial score (nSPS) is 10.5. The average Bonchev–Trinajstić information content (AvgIpc) is 2.88. The highest BCUT2D eigenvalue weighted by Crippen LogP contribution is 2.06. The van der Waals surface area contributed by atoms with Gasteiger partial charge in [-0.1, -0.05) is 0 Å². The van der Waals surface area contributed by atoms with Crippen molar-refractivity contribution in [2.75, 3.05) is 5.32 Å². The highest BCUT2D eigenvalue weighted by Gasteiger charge is 2.09. The van der Waals surface area contributed by atoms with Crippen molar-refractivity contribution in [2.45, 2.75) is 26.4 Å². The number of hydrogen-bond acceptors (Lipinski definition) is 5. The van der Waals surface area contributed by atoms with Crippen LogP contribution in [0.4, 0.5) is 5.82 Å². The van der Waals surface area contributed by atoms with Gasteiger partial charge in [0.05, 0.1) is 12.8 Å². The second kappa shape index (κ2) is 5.99. The smallest absolute Gasteiger partial charge is 0.270 e. The monoisotopic (exact) mass is 260 g/mol. The molecule has 0 unspecified atom stereocenters. The molecule has 100 valence electrons. The SMILES string of the molecule is CC(C)Nc1cc(C(=O)NCc2ccco2)ncn1. The Bertz CT molecular complexity index is 537. The Hall–Kier alpha value is -2.37. The number of aromatic nitrogens is 2. The van der Waals surface area contributed by atoms with Gasteiger partial charge < -0.3 is 15.1 Å². The van der Waals surface area contributed by atoms with E-state index in [1.807, 2.05) is 13.8 Å². The molecule has 2 aromatic heterocycles. The first kappa shape index (κ1) is 13.1. The quantitative estimate of drug-likeness (QED) is 0.857. The molecule has 1 amide bonds. The van der Waals surface area contributed by atoms with Gasteiger partial charge in [0.15, 0.2) is 0 Å². The molecule has 2 heterocycles. The molecular formula is C13H16N4O2. The number of amides is 1. The Labute approximate surface area is 111 Å². The van der Waals surface area contributed by atoms with Crippen LogP contribution in [0.15, 0.2) is 35.2 Å². The maximum atomic E-state index is 11.9. The first-order chi connectivity index (χ1) is 9.15. The van der Waals surface area contributed by atoms with Crippen molar-refractivity contribution in [3.05, 3.63) is 42.2 Å². The van der Waals surface area contributed by atoms with Gasteiger partial charge in [-0.25, -0.2) is 9.97 Å². The summed E-state index contributed by atoms with van der Waals surface area (Å²) in [4.78, 5) is 19.9. The zero-order valence-corrected chi connectivity index (χ0v) is 10.9. The Morgan fingerprint density at radius 2 is 2.26 bits per heavy atom. The highest BCUT2D eigenvalue weighted by molar-refractivity contribution is 5.92. The summed E-state index contributed by atoms with van der Waals surface area (Å²) in [5.41, 5.74) is 0.324. The molecule has 6 heteroatoms. The van der Waals surface area contributed by atoms with Gasteiger partial charge in [0, 0.05) is 12.1 Å². The van der Waals surface area contributed by atoms with Crippen molar-refractivity contribution in [3.8, 4) is 0 Å². The van der Waals surface area contributed by atoms with E-state index in [1.54, 1.807) is 24.5 Å². The minimum absolute atomic E-state index is 0.244. The molecule has 0 saturated heterocycles. The summed E-state index contributed by atoms with van der Waals surface area (Å²) >= 11 is 0. The van der Waals surface area contributed by atoms with Gasteiger partial charge >= 0.3 is 0 Å². The van der Waals surface area contributed by atoms with Crippen molar-refractivity contribution in [3.63, 3.8) is 0 Å². The maximum Gasteiger partial charge on any atom is 0.270 e. The average molecular weight is 260 g/mol. The lowest BCUT2D eigenvalue weighted by atomic mass is 10.3. The number of carbonyl (C=O) groups excluding carboxylic acids is 1. The molecule has 2 aromatic rings. The van der Waals surface area contributed by atoms with Gasteiger partial charge in [-0.15, -0.1) is 0 Å². The predicted octanol–water partition coefficient (Wildman–Crippen LogP) is 1.82. The topological polar surface area (TPSA) is 80.0 Å². The molecule has 0 aliphatic rings. The Balaban J connectivity index is 1.98. The molecule has 6 nitrogen and oxygen atoms in total. The van der Waals surface area contributed by atoms with Crippen LogP contribution >= 0.6 is 0 Å².